The lowest BCUT2D eigenvalue weighted by atomic mass is 9.98. The number of aromatic nitrogens is 1. The average Bonchev–Trinajstić information content (AvgIpc) is 3.19. The second kappa shape index (κ2) is 6.32. The zero-order chi connectivity index (χ0) is 14.4. The molecule has 0 spiro atoms. The van der Waals surface area contributed by atoms with Gasteiger partial charge in [0.05, 0.1) is 10.6 Å². The van der Waals surface area contributed by atoms with Crippen LogP contribution in [-0.2, 0) is 6.54 Å². The molecule has 3 unspecified atom stereocenters. The van der Waals surface area contributed by atoms with Gasteiger partial charge in [-0.1, -0.05) is 6.07 Å². The third kappa shape index (κ3) is 2.83. The average molecular weight is 340 g/mol. The molecule has 2 N–H and O–H groups in total. The summed E-state index contributed by atoms with van der Waals surface area (Å²) in [5.41, 5.74) is 7.29. The highest BCUT2D eigenvalue weighted by molar-refractivity contribution is 7.13. The van der Waals surface area contributed by atoms with E-state index in [2.05, 4.69) is 16.3 Å². The normalized spacial score (nSPS) is 27.8. The minimum Gasteiger partial charge on any atom is -0.440 e. The Morgan fingerprint density at radius 3 is 3.00 bits per heavy atom. The van der Waals surface area contributed by atoms with Gasteiger partial charge in [0.1, 0.15) is 5.76 Å². The topological polar surface area (TPSA) is 55.3 Å². The van der Waals surface area contributed by atoms with E-state index in [1.165, 1.54) is 19.4 Å². The zero-order valence-corrected chi connectivity index (χ0v) is 14.3. The first kappa shape index (κ1) is 16.0. The predicted molar refractivity (Wildman–Crippen MR) is 91.3 cm³/mol. The SMILES string of the molecule is Cc1oc(-c2cccs2)nc1CN1CC2CCC(N)C2C1.Cl. The second-order valence-electron chi connectivity index (χ2n) is 6.36. The van der Waals surface area contributed by atoms with Crippen molar-refractivity contribution in [3.63, 3.8) is 0 Å². The Bertz CT molecular complexity index is 627. The molecule has 1 saturated carbocycles. The largest absolute Gasteiger partial charge is 0.440 e. The van der Waals surface area contributed by atoms with Crippen LogP contribution < -0.4 is 5.73 Å². The molecule has 1 aliphatic carbocycles. The van der Waals surface area contributed by atoms with Crippen LogP contribution in [0, 0.1) is 18.8 Å². The number of hydrogen-bond acceptors (Lipinski definition) is 5. The van der Waals surface area contributed by atoms with Gasteiger partial charge in [0.2, 0.25) is 5.89 Å². The summed E-state index contributed by atoms with van der Waals surface area (Å²) in [6.07, 6.45) is 2.50. The Labute approximate surface area is 141 Å². The maximum absolute atomic E-state index is 6.21. The Morgan fingerprint density at radius 1 is 1.41 bits per heavy atom. The first-order valence-corrected chi connectivity index (χ1v) is 8.57. The fourth-order valence-electron chi connectivity index (χ4n) is 3.82. The van der Waals surface area contributed by atoms with Crippen LogP contribution in [0.25, 0.3) is 10.8 Å². The summed E-state index contributed by atoms with van der Waals surface area (Å²) < 4.78 is 5.83. The van der Waals surface area contributed by atoms with Gasteiger partial charge in [0.25, 0.3) is 0 Å². The summed E-state index contributed by atoms with van der Waals surface area (Å²) in [7, 11) is 0. The molecule has 1 aliphatic heterocycles. The number of likely N-dealkylation sites (tertiary alicyclic amines) is 1. The second-order valence-corrected chi connectivity index (χ2v) is 7.31. The highest BCUT2D eigenvalue weighted by Crippen LogP contribution is 2.38. The molecule has 2 aromatic heterocycles. The van der Waals surface area contributed by atoms with E-state index < -0.39 is 0 Å². The molecule has 120 valence electrons. The number of aryl methyl sites for hydroxylation is 1. The first-order chi connectivity index (χ1) is 10.2. The number of thiophene rings is 1. The third-order valence-corrected chi connectivity index (χ3v) is 5.84. The zero-order valence-electron chi connectivity index (χ0n) is 12.7. The van der Waals surface area contributed by atoms with Gasteiger partial charge in [-0.3, -0.25) is 4.90 Å². The van der Waals surface area contributed by atoms with E-state index in [1.54, 1.807) is 11.3 Å². The highest BCUT2D eigenvalue weighted by Gasteiger charge is 2.41. The number of oxazole rings is 1. The summed E-state index contributed by atoms with van der Waals surface area (Å²) in [5.74, 6) is 3.19. The van der Waals surface area contributed by atoms with E-state index in [0.717, 1.165) is 41.2 Å². The van der Waals surface area contributed by atoms with Crippen molar-refractivity contribution < 1.29 is 4.42 Å². The standard InChI is InChI=1S/C16H21N3OS.ClH/c1-10-14(18-16(20-10)15-3-2-6-21-15)9-19-7-11-4-5-13(17)12(11)8-19;/h2-3,6,11-13H,4-5,7-9,17H2,1H3;1H. The fraction of sp³-hybridized carbons (Fsp3) is 0.562. The van der Waals surface area contributed by atoms with Gasteiger partial charge in [-0.05, 0) is 43.0 Å². The van der Waals surface area contributed by atoms with Crippen molar-refractivity contribution in [3.05, 3.63) is 29.0 Å². The molecule has 3 atom stereocenters. The Kier molecular flexibility index (Phi) is 4.59. The smallest absolute Gasteiger partial charge is 0.236 e. The number of fused-ring (bicyclic) bond motifs is 1. The summed E-state index contributed by atoms with van der Waals surface area (Å²) >= 11 is 1.67. The summed E-state index contributed by atoms with van der Waals surface area (Å²) in [5, 5.41) is 2.05. The van der Waals surface area contributed by atoms with Crippen LogP contribution in [0.1, 0.15) is 24.3 Å². The van der Waals surface area contributed by atoms with Crippen LogP contribution in [0.15, 0.2) is 21.9 Å². The molecule has 4 rings (SSSR count). The van der Waals surface area contributed by atoms with Crippen molar-refractivity contribution in [1.29, 1.82) is 0 Å². The highest BCUT2D eigenvalue weighted by atomic mass is 35.5. The van der Waals surface area contributed by atoms with Crippen LogP contribution in [0.3, 0.4) is 0 Å². The van der Waals surface area contributed by atoms with Crippen molar-refractivity contribution in [3.8, 4) is 10.8 Å². The van der Waals surface area contributed by atoms with Gasteiger partial charge in [-0.25, -0.2) is 4.98 Å². The minimum atomic E-state index is 0. The van der Waals surface area contributed by atoms with E-state index >= 15 is 0 Å². The van der Waals surface area contributed by atoms with Crippen molar-refractivity contribution in [1.82, 2.24) is 9.88 Å². The fourth-order valence-corrected chi connectivity index (χ4v) is 4.47. The van der Waals surface area contributed by atoms with Crippen LogP contribution >= 0.6 is 23.7 Å². The number of nitrogens with zero attached hydrogens (tertiary/aromatic N) is 2. The van der Waals surface area contributed by atoms with Crippen molar-refractivity contribution >= 4 is 23.7 Å². The van der Waals surface area contributed by atoms with E-state index in [1.807, 2.05) is 13.0 Å². The summed E-state index contributed by atoms with van der Waals surface area (Å²) in [6.45, 7) is 5.19. The quantitative estimate of drug-likeness (QED) is 0.932. The molecular weight excluding hydrogens is 318 g/mol. The molecule has 22 heavy (non-hydrogen) atoms. The van der Waals surface area contributed by atoms with Gasteiger partial charge in [-0.2, -0.15) is 0 Å². The molecule has 0 bridgehead atoms. The molecule has 4 nitrogen and oxygen atoms in total. The molecule has 2 aromatic rings. The van der Waals surface area contributed by atoms with Crippen LogP contribution in [0.4, 0.5) is 0 Å². The Balaban J connectivity index is 0.00000144. The molecule has 2 fully saturated rings. The van der Waals surface area contributed by atoms with Gasteiger partial charge in [0.15, 0.2) is 0 Å². The Hall–Kier alpha value is -0.880. The van der Waals surface area contributed by atoms with Crippen LogP contribution in [0.5, 0.6) is 0 Å². The number of rotatable bonds is 3. The molecular formula is C16H22ClN3OS. The van der Waals surface area contributed by atoms with Gasteiger partial charge >= 0.3 is 0 Å². The molecule has 3 heterocycles. The molecule has 2 aliphatic rings. The predicted octanol–water partition coefficient (Wildman–Crippen LogP) is 3.30. The van der Waals surface area contributed by atoms with E-state index in [0.29, 0.717) is 12.0 Å². The van der Waals surface area contributed by atoms with Crippen molar-refractivity contribution in [2.45, 2.75) is 32.4 Å². The summed E-state index contributed by atoms with van der Waals surface area (Å²) in [4.78, 5) is 8.30. The molecule has 1 saturated heterocycles. The molecule has 6 heteroatoms. The van der Waals surface area contributed by atoms with Crippen LogP contribution in [-0.4, -0.2) is 29.0 Å². The van der Waals surface area contributed by atoms with E-state index in [9.17, 15) is 0 Å². The monoisotopic (exact) mass is 339 g/mol. The van der Waals surface area contributed by atoms with E-state index in [-0.39, 0.29) is 12.4 Å². The van der Waals surface area contributed by atoms with Gasteiger partial charge in [-0.15, -0.1) is 23.7 Å². The maximum Gasteiger partial charge on any atom is 0.236 e. The number of nitrogens with two attached hydrogens (primary N) is 1. The number of halogens is 1. The lowest BCUT2D eigenvalue weighted by Gasteiger charge is -2.17. The first-order valence-electron chi connectivity index (χ1n) is 7.69. The number of hydrogen-bond donors (Lipinski definition) is 1. The van der Waals surface area contributed by atoms with Crippen molar-refractivity contribution in [2.75, 3.05) is 13.1 Å². The van der Waals surface area contributed by atoms with Crippen molar-refractivity contribution in [2.24, 2.45) is 17.6 Å². The lowest BCUT2D eigenvalue weighted by molar-refractivity contribution is 0.293. The maximum atomic E-state index is 6.21. The molecule has 0 amide bonds. The lowest BCUT2D eigenvalue weighted by Crippen LogP contribution is -2.30. The van der Waals surface area contributed by atoms with Gasteiger partial charge in [0, 0.05) is 25.7 Å². The van der Waals surface area contributed by atoms with E-state index in [4.69, 9.17) is 15.1 Å². The Morgan fingerprint density at radius 2 is 2.27 bits per heavy atom. The van der Waals surface area contributed by atoms with Crippen LogP contribution in [0.2, 0.25) is 0 Å². The molecule has 0 radical (unpaired) electrons. The van der Waals surface area contributed by atoms with Gasteiger partial charge < -0.3 is 10.2 Å². The molecule has 0 aromatic carbocycles. The minimum absolute atomic E-state index is 0. The third-order valence-electron chi connectivity index (χ3n) is 4.99. The summed E-state index contributed by atoms with van der Waals surface area (Å²) in [6, 6.07) is 4.49.